The van der Waals surface area contributed by atoms with Gasteiger partial charge in [0.15, 0.2) is 0 Å². The molecule has 3 aromatic rings. The Labute approximate surface area is 123 Å². The quantitative estimate of drug-likeness (QED) is 0.693. The van der Waals surface area contributed by atoms with Gasteiger partial charge in [-0.15, -0.1) is 11.3 Å². The monoisotopic (exact) mass is 308 g/mol. The Morgan fingerprint density at radius 3 is 2.70 bits per heavy atom. The standard InChI is InChI=1S/C12H9ClN4O2S/c1-18-10-7(4-14-12(17-10)19-2)8-3-6-9(13)15-5-16-11(6)20-8/h3-5H,1-2H3. The van der Waals surface area contributed by atoms with Crippen molar-refractivity contribution in [1.29, 1.82) is 0 Å². The maximum Gasteiger partial charge on any atom is 0.319 e. The summed E-state index contributed by atoms with van der Waals surface area (Å²) in [5.41, 5.74) is 0.757. The Kier molecular flexibility index (Phi) is 3.37. The van der Waals surface area contributed by atoms with Gasteiger partial charge in [-0.1, -0.05) is 11.6 Å². The normalized spacial score (nSPS) is 10.8. The van der Waals surface area contributed by atoms with E-state index >= 15 is 0 Å². The van der Waals surface area contributed by atoms with Crippen LogP contribution in [0.1, 0.15) is 0 Å². The van der Waals surface area contributed by atoms with E-state index < -0.39 is 0 Å². The number of methoxy groups -OCH3 is 2. The highest BCUT2D eigenvalue weighted by atomic mass is 35.5. The fourth-order valence-electron chi connectivity index (χ4n) is 1.73. The number of hydrogen-bond donors (Lipinski definition) is 0. The van der Waals surface area contributed by atoms with E-state index in [1.165, 1.54) is 24.8 Å². The van der Waals surface area contributed by atoms with Crippen LogP contribution < -0.4 is 9.47 Å². The molecular weight excluding hydrogens is 300 g/mol. The molecule has 20 heavy (non-hydrogen) atoms. The lowest BCUT2D eigenvalue weighted by molar-refractivity contribution is 0.353. The first-order valence-corrected chi connectivity index (χ1v) is 6.78. The van der Waals surface area contributed by atoms with Crippen LogP contribution in [0, 0.1) is 0 Å². The Morgan fingerprint density at radius 2 is 2.00 bits per heavy atom. The molecule has 0 saturated carbocycles. The molecule has 3 heterocycles. The lowest BCUT2D eigenvalue weighted by atomic mass is 10.2. The van der Waals surface area contributed by atoms with Gasteiger partial charge in [-0.2, -0.15) is 4.98 Å². The molecule has 0 fully saturated rings. The molecule has 0 spiro atoms. The summed E-state index contributed by atoms with van der Waals surface area (Å²) in [5, 5.41) is 1.22. The van der Waals surface area contributed by atoms with Crippen LogP contribution >= 0.6 is 22.9 Å². The third-order valence-electron chi connectivity index (χ3n) is 2.65. The van der Waals surface area contributed by atoms with Crippen LogP contribution in [0.4, 0.5) is 0 Å². The van der Waals surface area contributed by atoms with Crippen LogP contribution in [0.2, 0.25) is 5.15 Å². The van der Waals surface area contributed by atoms with Crippen molar-refractivity contribution in [3.8, 4) is 22.3 Å². The SMILES string of the molecule is COc1ncc(-c2cc3c(Cl)ncnc3s2)c(OC)n1. The van der Waals surface area contributed by atoms with Crippen molar-refractivity contribution in [1.82, 2.24) is 19.9 Å². The van der Waals surface area contributed by atoms with Crippen LogP contribution in [-0.4, -0.2) is 34.2 Å². The number of ether oxygens (including phenoxy) is 2. The van der Waals surface area contributed by atoms with Crippen LogP contribution in [0.5, 0.6) is 11.9 Å². The fraction of sp³-hybridized carbons (Fsp3) is 0.167. The molecule has 0 aliphatic rings. The van der Waals surface area contributed by atoms with Crippen molar-refractivity contribution in [2.45, 2.75) is 0 Å². The molecule has 3 rings (SSSR count). The predicted molar refractivity (Wildman–Crippen MR) is 76.6 cm³/mol. The number of fused-ring (bicyclic) bond motifs is 1. The molecule has 0 unspecified atom stereocenters. The van der Waals surface area contributed by atoms with Gasteiger partial charge in [-0.05, 0) is 6.07 Å². The van der Waals surface area contributed by atoms with Crippen molar-refractivity contribution in [2.75, 3.05) is 14.2 Å². The van der Waals surface area contributed by atoms with Crippen LogP contribution in [0.25, 0.3) is 20.7 Å². The zero-order valence-electron chi connectivity index (χ0n) is 10.6. The minimum Gasteiger partial charge on any atom is -0.480 e. The van der Waals surface area contributed by atoms with Gasteiger partial charge in [0.1, 0.15) is 16.3 Å². The summed E-state index contributed by atoms with van der Waals surface area (Å²) in [4.78, 5) is 18.1. The summed E-state index contributed by atoms with van der Waals surface area (Å²) in [6.45, 7) is 0. The smallest absolute Gasteiger partial charge is 0.319 e. The van der Waals surface area contributed by atoms with E-state index in [2.05, 4.69) is 19.9 Å². The fourth-order valence-corrected chi connectivity index (χ4v) is 2.98. The molecule has 0 amide bonds. The lowest BCUT2D eigenvalue weighted by Crippen LogP contribution is -1.96. The zero-order valence-corrected chi connectivity index (χ0v) is 12.2. The minimum absolute atomic E-state index is 0.254. The first-order chi connectivity index (χ1) is 9.72. The second kappa shape index (κ2) is 5.18. The molecule has 3 aromatic heterocycles. The highest BCUT2D eigenvalue weighted by molar-refractivity contribution is 7.22. The van der Waals surface area contributed by atoms with Crippen molar-refractivity contribution in [3.63, 3.8) is 0 Å². The van der Waals surface area contributed by atoms with E-state index in [1.807, 2.05) is 6.07 Å². The molecule has 0 atom stereocenters. The molecular formula is C12H9ClN4O2S. The molecule has 0 N–H and O–H groups in total. The van der Waals surface area contributed by atoms with Gasteiger partial charge in [0.2, 0.25) is 5.88 Å². The molecule has 102 valence electrons. The second-order valence-electron chi connectivity index (χ2n) is 3.77. The van der Waals surface area contributed by atoms with E-state index in [0.29, 0.717) is 11.0 Å². The molecule has 0 aromatic carbocycles. The van der Waals surface area contributed by atoms with Crippen LogP contribution in [0.15, 0.2) is 18.6 Å². The molecule has 0 aliphatic carbocycles. The van der Waals surface area contributed by atoms with Gasteiger partial charge in [0, 0.05) is 16.5 Å². The molecule has 0 saturated heterocycles. The number of rotatable bonds is 3. The van der Waals surface area contributed by atoms with Crippen molar-refractivity contribution < 1.29 is 9.47 Å². The molecule has 0 radical (unpaired) electrons. The summed E-state index contributed by atoms with van der Waals surface area (Å²) in [7, 11) is 3.05. The molecule has 0 aliphatic heterocycles. The zero-order chi connectivity index (χ0) is 14.1. The minimum atomic E-state index is 0.254. The summed E-state index contributed by atoms with van der Waals surface area (Å²) in [5.74, 6) is 0.437. The Morgan fingerprint density at radius 1 is 1.15 bits per heavy atom. The third-order valence-corrected chi connectivity index (χ3v) is 4.03. The average Bonchev–Trinajstić information content (AvgIpc) is 2.92. The number of nitrogens with zero attached hydrogens (tertiary/aromatic N) is 4. The van der Waals surface area contributed by atoms with Crippen molar-refractivity contribution in [2.24, 2.45) is 0 Å². The number of hydrogen-bond acceptors (Lipinski definition) is 7. The van der Waals surface area contributed by atoms with E-state index in [0.717, 1.165) is 20.7 Å². The van der Waals surface area contributed by atoms with E-state index in [-0.39, 0.29) is 6.01 Å². The Bertz CT molecular complexity index is 777. The predicted octanol–water partition coefficient (Wildman–Crippen LogP) is 2.82. The Balaban J connectivity index is 2.17. The van der Waals surface area contributed by atoms with Crippen molar-refractivity contribution >= 4 is 33.2 Å². The summed E-state index contributed by atoms with van der Waals surface area (Å²) < 4.78 is 10.3. The summed E-state index contributed by atoms with van der Waals surface area (Å²) >= 11 is 7.52. The molecule has 0 bridgehead atoms. The average molecular weight is 309 g/mol. The first kappa shape index (κ1) is 13.0. The number of aromatic nitrogens is 4. The van der Waals surface area contributed by atoms with Gasteiger partial charge < -0.3 is 9.47 Å². The lowest BCUT2D eigenvalue weighted by Gasteiger charge is -2.06. The molecule has 6 nitrogen and oxygen atoms in total. The number of thiophene rings is 1. The largest absolute Gasteiger partial charge is 0.480 e. The van der Waals surface area contributed by atoms with Crippen LogP contribution in [0.3, 0.4) is 0 Å². The van der Waals surface area contributed by atoms with Gasteiger partial charge >= 0.3 is 6.01 Å². The maximum absolute atomic E-state index is 6.05. The molecule has 8 heteroatoms. The van der Waals surface area contributed by atoms with Crippen LogP contribution in [-0.2, 0) is 0 Å². The van der Waals surface area contributed by atoms with E-state index in [1.54, 1.807) is 13.3 Å². The highest BCUT2D eigenvalue weighted by Gasteiger charge is 2.15. The highest BCUT2D eigenvalue weighted by Crippen LogP contribution is 2.38. The first-order valence-electron chi connectivity index (χ1n) is 5.58. The van der Waals surface area contributed by atoms with E-state index in [9.17, 15) is 0 Å². The van der Waals surface area contributed by atoms with Crippen molar-refractivity contribution in [3.05, 3.63) is 23.7 Å². The number of halogens is 1. The summed E-state index contributed by atoms with van der Waals surface area (Å²) in [6.07, 6.45) is 3.09. The topological polar surface area (TPSA) is 70.0 Å². The van der Waals surface area contributed by atoms with Gasteiger partial charge in [-0.25, -0.2) is 15.0 Å². The maximum atomic E-state index is 6.05. The van der Waals surface area contributed by atoms with Gasteiger partial charge in [-0.3, -0.25) is 0 Å². The Hall–Kier alpha value is -1.99. The summed E-state index contributed by atoms with van der Waals surface area (Å²) in [6, 6.07) is 2.15. The third kappa shape index (κ3) is 2.14. The van der Waals surface area contributed by atoms with Gasteiger partial charge in [0.05, 0.1) is 19.8 Å². The second-order valence-corrected chi connectivity index (χ2v) is 5.16. The van der Waals surface area contributed by atoms with Gasteiger partial charge in [0.25, 0.3) is 0 Å². The van der Waals surface area contributed by atoms with E-state index in [4.69, 9.17) is 21.1 Å².